The zero-order chi connectivity index (χ0) is 13.8. The third-order valence-corrected chi connectivity index (χ3v) is 3.47. The van der Waals surface area contributed by atoms with E-state index in [0.717, 1.165) is 28.7 Å². The molecule has 0 spiro atoms. The molecule has 2 N–H and O–H groups in total. The summed E-state index contributed by atoms with van der Waals surface area (Å²) in [6, 6.07) is 0. The van der Waals surface area contributed by atoms with Crippen molar-refractivity contribution in [3.63, 3.8) is 0 Å². The van der Waals surface area contributed by atoms with E-state index < -0.39 is 0 Å². The minimum Gasteiger partial charge on any atom is -0.373 e. The van der Waals surface area contributed by atoms with Crippen LogP contribution in [0.4, 0.5) is 11.6 Å². The van der Waals surface area contributed by atoms with Crippen molar-refractivity contribution in [2.45, 2.75) is 33.2 Å². The van der Waals surface area contributed by atoms with Crippen molar-refractivity contribution in [2.75, 3.05) is 17.7 Å². The van der Waals surface area contributed by atoms with E-state index in [0.29, 0.717) is 12.5 Å². The Hall–Kier alpha value is -1.69. The summed E-state index contributed by atoms with van der Waals surface area (Å²) in [5.41, 5.74) is 3.89. The zero-order valence-electron chi connectivity index (χ0n) is 11.7. The lowest BCUT2D eigenvalue weighted by atomic mass is 10.2. The molecule has 0 fully saturated rings. The Morgan fingerprint density at radius 2 is 2.00 bits per heavy atom. The number of rotatable bonds is 5. The molecule has 5 nitrogen and oxygen atoms in total. The number of thiazole rings is 1. The molecule has 0 aliphatic carbocycles. The average molecular weight is 277 g/mol. The number of hydrogen-bond acceptors (Lipinski definition) is 6. The van der Waals surface area contributed by atoms with E-state index in [-0.39, 0.29) is 0 Å². The van der Waals surface area contributed by atoms with E-state index in [1.54, 1.807) is 11.3 Å². The molecule has 0 saturated heterocycles. The Morgan fingerprint density at radius 3 is 2.58 bits per heavy atom. The van der Waals surface area contributed by atoms with Crippen molar-refractivity contribution in [3.05, 3.63) is 28.0 Å². The van der Waals surface area contributed by atoms with Crippen LogP contribution in [-0.4, -0.2) is 22.0 Å². The van der Waals surface area contributed by atoms with E-state index in [2.05, 4.69) is 39.4 Å². The maximum atomic E-state index is 4.59. The lowest BCUT2D eigenvalue weighted by molar-refractivity contribution is 0.773. The Morgan fingerprint density at radius 1 is 1.26 bits per heavy atom. The van der Waals surface area contributed by atoms with Crippen molar-refractivity contribution < 1.29 is 0 Å². The van der Waals surface area contributed by atoms with Crippen LogP contribution in [0.25, 0.3) is 0 Å². The van der Waals surface area contributed by atoms with Crippen molar-refractivity contribution >= 4 is 23.0 Å². The first-order chi connectivity index (χ1) is 9.11. The van der Waals surface area contributed by atoms with Gasteiger partial charge < -0.3 is 10.6 Å². The molecule has 0 radical (unpaired) electrons. The van der Waals surface area contributed by atoms with E-state index in [9.17, 15) is 0 Å². The van der Waals surface area contributed by atoms with Gasteiger partial charge in [0.15, 0.2) is 0 Å². The molecule has 0 atom stereocenters. The second-order valence-electron chi connectivity index (χ2n) is 4.64. The third kappa shape index (κ3) is 3.20. The minimum atomic E-state index is 0.299. The van der Waals surface area contributed by atoms with Crippen LogP contribution in [0, 0.1) is 6.92 Å². The van der Waals surface area contributed by atoms with Crippen LogP contribution in [0.3, 0.4) is 0 Å². The molecule has 0 amide bonds. The summed E-state index contributed by atoms with van der Waals surface area (Å²) in [4.78, 5) is 13.4. The topological polar surface area (TPSA) is 62.7 Å². The van der Waals surface area contributed by atoms with Gasteiger partial charge in [-0.05, 0) is 6.92 Å². The average Bonchev–Trinajstić information content (AvgIpc) is 2.90. The molecule has 0 aliphatic heterocycles. The molecule has 0 aromatic carbocycles. The Kier molecular flexibility index (Phi) is 4.31. The fourth-order valence-corrected chi connectivity index (χ4v) is 2.27. The lowest BCUT2D eigenvalue weighted by Gasteiger charge is -2.14. The van der Waals surface area contributed by atoms with Crippen LogP contribution < -0.4 is 10.6 Å². The van der Waals surface area contributed by atoms with Gasteiger partial charge in [-0.25, -0.2) is 15.0 Å². The van der Waals surface area contributed by atoms with Crippen molar-refractivity contribution in [3.8, 4) is 0 Å². The lowest BCUT2D eigenvalue weighted by Crippen LogP contribution is -2.10. The molecule has 102 valence electrons. The van der Waals surface area contributed by atoms with Gasteiger partial charge in [0.25, 0.3) is 0 Å². The molecule has 6 heteroatoms. The van der Waals surface area contributed by atoms with Gasteiger partial charge in [0.2, 0.25) is 0 Å². The fourth-order valence-electron chi connectivity index (χ4n) is 1.71. The highest BCUT2D eigenvalue weighted by molar-refractivity contribution is 7.07. The molecule has 19 heavy (non-hydrogen) atoms. The Balaban J connectivity index is 2.24. The predicted octanol–water partition coefficient (Wildman–Crippen LogP) is 3.02. The largest absolute Gasteiger partial charge is 0.373 e. The van der Waals surface area contributed by atoms with Crippen molar-refractivity contribution in [1.29, 1.82) is 0 Å². The minimum absolute atomic E-state index is 0.299. The van der Waals surface area contributed by atoms with Gasteiger partial charge in [0.05, 0.1) is 17.7 Å². The number of anilines is 2. The number of nitrogens with one attached hydrogen (secondary N) is 2. The van der Waals surface area contributed by atoms with Gasteiger partial charge in [-0.15, -0.1) is 11.3 Å². The van der Waals surface area contributed by atoms with E-state index in [4.69, 9.17) is 0 Å². The highest BCUT2D eigenvalue weighted by Crippen LogP contribution is 2.23. The van der Waals surface area contributed by atoms with Gasteiger partial charge in [-0.2, -0.15) is 0 Å². The normalized spacial score (nSPS) is 10.8. The molecule has 2 heterocycles. The van der Waals surface area contributed by atoms with E-state index in [1.165, 1.54) is 0 Å². The summed E-state index contributed by atoms with van der Waals surface area (Å²) in [5.74, 6) is 2.89. The molecule has 2 aromatic rings. The first-order valence-electron chi connectivity index (χ1n) is 6.29. The number of aromatic nitrogens is 3. The predicted molar refractivity (Wildman–Crippen MR) is 79.8 cm³/mol. The summed E-state index contributed by atoms with van der Waals surface area (Å²) in [5, 5.41) is 8.49. The van der Waals surface area contributed by atoms with Crippen LogP contribution in [0.15, 0.2) is 10.9 Å². The number of nitrogens with zero attached hydrogens (tertiary/aromatic N) is 3. The smallest absolute Gasteiger partial charge is 0.135 e. The third-order valence-electron chi connectivity index (χ3n) is 2.84. The first kappa shape index (κ1) is 13.7. The quantitative estimate of drug-likeness (QED) is 0.879. The summed E-state index contributed by atoms with van der Waals surface area (Å²) in [6.07, 6.45) is 0. The Bertz CT molecular complexity index is 536. The maximum Gasteiger partial charge on any atom is 0.135 e. The van der Waals surface area contributed by atoms with Crippen molar-refractivity contribution in [2.24, 2.45) is 0 Å². The van der Waals surface area contributed by atoms with Crippen LogP contribution >= 0.6 is 11.3 Å². The molecular formula is C13H19N5S. The second-order valence-corrected chi connectivity index (χ2v) is 5.36. The highest BCUT2D eigenvalue weighted by Gasteiger charge is 2.12. The second kappa shape index (κ2) is 5.97. The van der Waals surface area contributed by atoms with Gasteiger partial charge in [0, 0.05) is 23.9 Å². The van der Waals surface area contributed by atoms with Gasteiger partial charge in [0.1, 0.15) is 17.5 Å². The molecule has 0 aliphatic rings. The van der Waals surface area contributed by atoms with Crippen molar-refractivity contribution in [1.82, 2.24) is 15.0 Å². The standard InChI is InChI=1S/C13H19N5S/c1-8(2)11-17-12(14-4)9(3)13(18-11)15-5-10-6-19-7-16-10/h6-8H,5H2,1-4H3,(H2,14,15,17,18). The van der Waals surface area contributed by atoms with E-state index >= 15 is 0 Å². The molecule has 2 rings (SSSR count). The van der Waals surface area contributed by atoms with Crippen LogP contribution in [-0.2, 0) is 6.54 Å². The number of hydrogen-bond donors (Lipinski definition) is 2. The fraction of sp³-hybridized carbons (Fsp3) is 0.462. The van der Waals surface area contributed by atoms with E-state index in [1.807, 2.05) is 24.9 Å². The molecular weight excluding hydrogens is 258 g/mol. The summed E-state index contributed by atoms with van der Waals surface area (Å²) >= 11 is 1.60. The van der Waals surface area contributed by atoms with Gasteiger partial charge in [-0.1, -0.05) is 13.8 Å². The molecule has 0 saturated carbocycles. The molecule has 2 aromatic heterocycles. The maximum absolute atomic E-state index is 4.59. The first-order valence-corrected chi connectivity index (χ1v) is 7.23. The van der Waals surface area contributed by atoms with Gasteiger partial charge >= 0.3 is 0 Å². The summed E-state index contributed by atoms with van der Waals surface area (Å²) in [6.45, 7) is 6.88. The monoisotopic (exact) mass is 277 g/mol. The van der Waals surface area contributed by atoms with Gasteiger partial charge in [-0.3, -0.25) is 0 Å². The highest BCUT2D eigenvalue weighted by atomic mass is 32.1. The van der Waals surface area contributed by atoms with Crippen LogP contribution in [0.1, 0.15) is 36.8 Å². The molecule has 0 bridgehead atoms. The van der Waals surface area contributed by atoms with Crippen LogP contribution in [0.5, 0.6) is 0 Å². The SMILES string of the molecule is CNc1nc(C(C)C)nc(NCc2cscn2)c1C. The summed E-state index contributed by atoms with van der Waals surface area (Å²) in [7, 11) is 1.88. The Labute approximate surface area is 117 Å². The van der Waals surface area contributed by atoms with Crippen LogP contribution in [0.2, 0.25) is 0 Å². The molecule has 0 unspecified atom stereocenters. The zero-order valence-corrected chi connectivity index (χ0v) is 12.5. The summed E-state index contributed by atoms with van der Waals surface area (Å²) < 4.78 is 0.